The summed E-state index contributed by atoms with van der Waals surface area (Å²) in [5.41, 5.74) is -0.386. The number of hydrogen-bond acceptors (Lipinski definition) is 1. The van der Waals surface area contributed by atoms with Crippen LogP contribution < -0.4 is 0 Å². The third-order valence-corrected chi connectivity index (χ3v) is 7.57. The lowest BCUT2D eigenvalue weighted by molar-refractivity contribution is 0.0699. The fraction of sp³-hybridized carbons (Fsp3) is 0. The minimum Gasteiger partial charge on any atom is -0.478 e. The van der Waals surface area contributed by atoms with Crippen molar-refractivity contribution in [3.63, 3.8) is 0 Å². The first-order valence-corrected chi connectivity index (χ1v) is 9.78. The van der Waals surface area contributed by atoms with Crippen LogP contribution in [0.3, 0.4) is 0 Å². The molecule has 0 saturated heterocycles. The van der Waals surface area contributed by atoms with Gasteiger partial charge in [0.15, 0.2) is 0 Å². The molecular weight excluding hydrogens is 531 g/mol. The van der Waals surface area contributed by atoms with Crippen LogP contribution in [0.2, 0.25) is 45.2 Å². The molecule has 2 nitrogen and oxygen atoms in total. The van der Waals surface area contributed by atoms with Gasteiger partial charge in [0, 0.05) is 21.5 Å². The number of halogens is 9. The Labute approximate surface area is 191 Å². The molecule has 0 aliphatic heterocycles. The second-order valence-corrected chi connectivity index (χ2v) is 8.41. The molecule has 0 aromatic heterocycles. The summed E-state index contributed by atoms with van der Waals surface area (Å²) in [6, 6.07) is 0. The first-order chi connectivity index (χ1) is 12.0. The molecule has 11 heteroatoms. The molecular formula is C15HCl9O2. The number of carbonyl (C=O) groups is 1. The second-order valence-electron chi connectivity index (χ2n) is 5.01. The molecule has 0 aliphatic rings. The van der Waals surface area contributed by atoms with Crippen LogP contribution in [0, 0.1) is 0 Å². The van der Waals surface area contributed by atoms with Crippen molar-refractivity contribution in [2.75, 3.05) is 0 Å². The Morgan fingerprint density at radius 2 is 0.769 bits per heavy atom. The number of carboxylic acid groups (broad SMARTS) is 1. The molecule has 3 aromatic carbocycles. The van der Waals surface area contributed by atoms with Gasteiger partial charge in [0.1, 0.15) is 0 Å². The highest BCUT2D eigenvalue weighted by molar-refractivity contribution is 6.62. The first kappa shape index (κ1) is 21.0. The van der Waals surface area contributed by atoms with Gasteiger partial charge in [-0.25, -0.2) is 4.79 Å². The summed E-state index contributed by atoms with van der Waals surface area (Å²) in [6.45, 7) is 0. The lowest BCUT2D eigenvalue weighted by atomic mass is 9.98. The zero-order chi connectivity index (χ0) is 19.7. The van der Waals surface area contributed by atoms with Crippen molar-refractivity contribution in [2.24, 2.45) is 0 Å². The Morgan fingerprint density at radius 3 is 1.15 bits per heavy atom. The molecule has 0 heterocycles. The Hall–Kier alpha value is 0.260. The predicted molar refractivity (Wildman–Crippen MR) is 114 cm³/mol. The Kier molecular flexibility index (Phi) is 5.86. The summed E-state index contributed by atoms with van der Waals surface area (Å²) in [5, 5.41) is 8.94. The quantitative estimate of drug-likeness (QED) is 0.193. The highest BCUT2D eigenvalue weighted by atomic mass is 35.5. The maximum atomic E-state index is 11.8. The molecule has 3 rings (SSSR count). The van der Waals surface area contributed by atoms with Gasteiger partial charge in [0.05, 0.1) is 50.8 Å². The van der Waals surface area contributed by atoms with E-state index in [-0.39, 0.29) is 72.3 Å². The Morgan fingerprint density at radius 1 is 0.462 bits per heavy atom. The average molecular weight is 532 g/mol. The van der Waals surface area contributed by atoms with Gasteiger partial charge in [-0.1, -0.05) is 104 Å². The fourth-order valence-electron chi connectivity index (χ4n) is 2.58. The number of aromatic carboxylic acids is 1. The van der Waals surface area contributed by atoms with Crippen molar-refractivity contribution >= 4 is 132 Å². The second kappa shape index (κ2) is 7.26. The summed E-state index contributed by atoms with van der Waals surface area (Å²) < 4.78 is 0. The van der Waals surface area contributed by atoms with Crippen molar-refractivity contribution < 1.29 is 9.90 Å². The Bertz CT molecular complexity index is 1150. The molecule has 0 radical (unpaired) electrons. The third kappa shape index (κ3) is 2.82. The largest absolute Gasteiger partial charge is 0.478 e. The molecule has 0 fully saturated rings. The van der Waals surface area contributed by atoms with Gasteiger partial charge in [-0.15, -0.1) is 0 Å². The minimum atomic E-state index is -1.39. The molecule has 136 valence electrons. The molecule has 0 amide bonds. The molecule has 0 spiro atoms. The molecule has 0 unspecified atom stereocenters. The zero-order valence-electron chi connectivity index (χ0n) is 11.8. The number of carboxylic acids is 1. The molecule has 0 saturated carbocycles. The maximum Gasteiger partial charge on any atom is 0.337 e. The van der Waals surface area contributed by atoms with E-state index in [0.717, 1.165) is 0 Å². The molecule has 0 bridgehead atoms. The van der Waals surface area contributed by atoms with E-state index in [9.17, 15) is 9.90 Å². The van der Waals surface area contributed by atoms with Crippen LogP contribution in [-0.2, 0) is 0 Å². The lowest BCUT2D eigenvalue weighted by Crippen LogP contribution is -2.02. The van der Waals surface area contributed by atoms with Crippen molar-refractivity contribution in [2.45, 2.75) is 0 Å². The number of fused-ring (bicyclic) bond motifs is 2. The van der Waals surface area contributed by atoms with Crippen molar-refractivity contribution in [3.8, 4) is 0 Å². The molecule has 1 N–H and O–H groups in total. The van der Waals surface area contributed by atoms with Gasteiger partial charge in [0.25, 0.3) is 0 Å². The summed E-state index contributed by atoms with van der Waals surface area (Å²) in [6.07, 6.45) is 0. The van der Waals surface area contributed by atoms with Gasteiger partial charge in [-0.2, -0.15) is 0 Å². The summed E-state index contributed by atoms with van der Waals surface area (Å²) in [7, 11) is 0. The van der Waals surface area contributed by atoms with E-state index in [1.54, 1.807) is 0 Å². The van der Waals surface area contributed by atoms with Crippen LogP contribution >= 0.6 is 104 Å². The zero-order valence-corrected chi connectivity index (χ0v) is 18.6. The molecule has 0 atom stereocenters. The minimum absolute atomic E-state index is 0.0242. The van der Waals surface area contributed by atoms with Crippen LogP contribution in [-0.4, -0.2) is 11.1 Å². The molecule has 26 heavy (non-hydrogen) atoms. The van der Waals surface area contributed by atoms with Crippen LogP contribution in [0.15, 0.2) is 0 Å². The highest BCUT2D eigenvalue weighted by Gasteiger charge is 2.29. The predicted octanol–water partition coefficient (Wildman–Crippen LogP) is 9.57. The van der Waals surface area contributed by atoms with Crippen LogP contribution in [0.4, 0.5) is 0 Å². The smallest absolute Gasteiger partial charge is 0.337 e. The normalized spacial score (nSPS) is 11.6. The van der Waals surface area contributed by atoms with E-state index in [2.05, 4.69) is 0 Å². The van der Waals surface area contributed by atoms with E-state index in [1.165, 1.54) is 0 Å². The number of benzene rings is 3. The SMILES string of the molecule is O=C(O)c1c(Cl)c(Cl)c(Cl)c2c(Cl)c3c(Cl)c(Cl)c(Cl)c(Cl)c3c(Cl)c12. The van der Waals surface area contributed by atoms with Gasteiger partial charge >= 0.3 is 5.97 Å². The summed E-state index contributed by atoms with van der Waals surface area (Å²) in [4.78, 5) is 11.8. The van der Waals surface area contributed by atoms with Gasteiger partial charge < -0.3 is 5.11 Å². The number of hydrogen-bond donors (Lipinski definition) is 1. The maximum absolute atomic E-state index is 11.8. The first-order valence-electron chi connectivity index (χ1n) is 6.38. The Balaban J connectivity index is 2.85. The van der Waals surface area contributed by atoms with Crippen LogP contribution in [0.5, 0.6) is 0 Å². The van der Waals surface area contributed by atoms with E-state index in [4.69, 9.17) is 104 Å². The van der Waals surface area contributed by atoms with E-state index in [0.29, 0.717) is 0 Å². The average Bonchev–Trinajstić information content (AvgIpc) is 2.58. The molecule has 0 aliphatic carbocycles. The van der Waals surface area contributed by atoms with Crippen LogP contribution in [0.25, 0.3) is 21.5 Å². The molecule has 3 aromatic rings. The van der Waals surface area contributed by atoms with Crippen molar-refractivity contribution in [1.29, 1.82) is 0 Å². The highest BCUT2D eigenvalue weighted by Crippen LogP contribution is 2.54. The van der Waals surface area contributed by atoms with Gasteiger partial charge in [0.2, 0.25) is 0 Å². The van der Waals surface area contributed by atoms with E-state index < -0.39 is 5.97 Å². The third-order valence-electron chi connectivity index (χ3n) is 3.68. The summed E-state index contributed by atoms with van der Waals surface area (Å²) >= 11 is 56.1. The van der Waals surface area contributed by atoms with E-state index in [1.807, 2.05) is 0 Å². The topological polar surface area (TPSA) is 37.3 Å². The van der Waals surface area contributed by atoms with Crippen molar-refractivity contribution in [1.82, 2.24) is 0 Å². The standard InChI is InChI=1S/C15HCl9O2/c16-6-1-2(8(18)12(22)11(21)5(1)15(25)26)7(17)4-3(6)9(19)13(23)14(24)10(4)20/h(H,25,26). The summed E-state index contributed by atoms with van der Waals surface area (Å²) in [5.74, 6) is -1.39. The monoisotopic (exact) mass is 528 g/mol. The van der Waals surface area contributed by atoms with Gasteiger partial charge in [-0.3, -0.25) is 0 Å². The lowest BCUT2D eigenvalue weighted by Gasteiger charge is -2.18. The number of rotatable bonds is 1. The van der Waals surface area contributed by atoms with Gasteiger partial charge in [-0.05, 0) is 0 Å². The fourth-order valence-corrected chi connectivity index (χ4v) is 5.31. The van der Waals surface area contributed by atoms with E-state index >= 15 is 0 Å². The van der Waals surface area contributed by atoms with Crippen molar-refractivity contribution in [3.05, 3.63) is 50.8 Å². The van der Waals surface area contributed by atoms with Crippen LogP contribution in [0.1, 0.15) is 10.4 Å².